The predicted molar refractivity (Wildman–Crippen MR) is 69.4 cm³/mol. The topological polar surface area (TPSA) is 56.1 Å². The molecule has 112 valence electrons. The molecule has 1 heterocycles. The molecule has 0 unspecified atom stereocenters. The molecule has 1 aromatic heterocycles. The third kappa shape index (κ3) is 3.33. The zero-order valence-corrected chi connectivity index (χ0v) is 11.4. The maximum absolute atomic E-state index is 13.0. The van der Waals surface area contributed by atoms with Gasteiger partial charge in [0.25, 0.3) is 5.56 Å². The number of aromatic nitrogens is 1. The first-order valence-corrected chi connectivity index (χ1v) is 7.32. The van der Waals surface area contributed by atoms with Crippen LogP contribution in [0.5, 0.6) is 0 Å². The van der Waals surface area contributed by atoms with Gasteiger partial charge >= 0.3 is 5.76 Å². The molecule has 0 saturated heterocycles. The second-order valence-corrected chi connectivity index (χ2v) is 6.18. The van der Waals surface area contributed by atoms with Gasteiger partial charge in [-0.05, 0) is 23.8 Å². The Morgan fingerprint density at radius 2 is 1.67 bits per heavy atom. The Bertz CT molecular complexity index is 798. The highest BCUT2D eigenvalue weighted by Gasteiger charge is 2.26. The Labute approximate surface area is 118 Å². The van der Waals surface area contributed by atoms with E-state index >= 15 is 0 Å². The van der Waals surface area contributed by atoms with E-state index in [2.05, 4.69) is 0 Å². The van der Waals surface area contributed by atoms with Crippen LogP contribution in [-0.2, 0) is 16.4 Å². The molecule has 0 N–H and O–H groups in total. The summed E-state index contributed by atoms with van der Waals surface area (Å²) in [5.74, 6) is -4.08. The van der Waals surface area contributed by atoms with Gasteiger partial charge in [0.05, 0.1) is 11.4 Å². The fraction of sp³-hybridized carbons (Fsp3) is 0.154. The molecular formula is C13H10F3NO3S. The minimum absolute atomic E-state index is 0.00556. The van der Waals surface area contributed by atoms with Crippen LogP contribution in [0.3, 0.4) is 0 Å². The molecule has 2 aromatic rings. The van der Waals surface area contributed by atoms with Crippen molar-refractivity contribution in [3.8, 4) is 0 Å². The second-order valence-electron chi connectivity index (χ2n) is 4.26. The maximum Gasteiger partial charge on any atom is 0.341 e. The van der Waals surface area contributed by atoms with Crippen molar-refractivity contribution < 1.29 is 21.6 Å². The Kier molecular flexibility index (Phi) is 4.17. The van der Waals surface area contributed by atoms with Crippen molar-refractivity contribution in [2.75, 3.05) is 0 Å². The zero-order valence-electron chi connectivity index (χ0n) is 10.5. The molecule has 0 aliphatic rings. The van der Waals surface area contributed by atoms with Crippen LogP contribution in [0, 0.1) is 5.82 Å². The largest absolute Gasteiger partial charge is 0.341 e. The number of pyridine rings is 1. The predicted octanol–water partition coefficient (Wildman–Crippen LogP) is 2.03. The number of alkyl halides is 2. The van der Waals surface area contributed by atoms with Gasteiger partial charge in [-0.1, -0.05) is 12.1 Å². The SMILES string of the molecule is O=c1ccc(F)cn1Cc1ccc(S(=O)(=O)C(F)F)cc1. The fourth-order valence-electron chi connectivity index (χ4n) is 1.71. The molecule has 0 aliphatic carbocycles. The number of hydrogen-bond acceptors (Lipinski definition) is 3. The van der Waals surface area contributed by atoms with Gasteiger partial charge in [0.2, 0.25) is 9.84 Å². The number of benzene rings is 1. The van der Waals surface area contributed by atoms with E-state index in [1.54, 1.807) is 0 Å². The first-order valence-electron chi connectivity index (χ1n) is 5.78. The van der Waals surface area contributed by atoms with E-state index in [1.165, 1.54) is 12.1 Å². The molecule has 0 amide bonds. The van der Waals surface area contributed by atoms with Crippen molar-refractivity contribution in [1.82, 2.24) is 4.57 Å². The molecular weight excluding hydrogens is 307 g/mol. The number of sulfone groups is 1. The zero-order chi connectivity index (χ0) is 15.6. The second kappa shape index (κ2) is 5.72. The van der Waals surface area contributed by atoms with Crippen molar-refractivity contribution in [1.29, 1.82) is 0 Å². The van der Waals surface area contributed by atoms with E-state index < -0.39 is 31.9 Å². The van der Waals surface area contributed by atoms with Crippen molar-refractivity contribution in [3.63, 3.8) is 0 Å². The summed E-state index contributed by atoms with van der Waals surface area (Å²) in [6, 6.07) is 6.74. The number of halogens is 3. The third-order valence-corrected chi connectivity index (χ3v) is 4.19. The van der Waals surface area contributed by atoms with Crippen LogP contribution in [0.25, 0.3) is 0 Å². The molecule has 0 radical (unpaired) electrons. The summed E-state index contributed by atoms with van der Waals surface area (Å²) in [6.45, 7) is 0.00556. The average molecular weight is 317 g/mol. The van der Waals surface area contributed by atoms with E-state index in [-0.39, 0.29) is 6.54 Å². The van der Waals surface area contributed by atoms with E-state index in [9.17, 15) is 26.4 Å². The highest BCUT2D eigenvalue weighted by Crippen LogP contribution is 2.18. The summed E-state index contributed by atoms with van der Waals surface area (Å²) in [4.78, 5) is 11.0. The Hall–Kier alpha value is -2.09. The summed E-state index contributed by atoms with van der Waals surface area (Å²) < 4.78 is 61.4. The van der Waals surface area contributed by atoms with Gasteiger partial charge in [0.1, 0.15) is 5.82 Å². The summed E-state index contributed by atoms with van der Waals surface area (Å²) in [5, 5.41) is 0. The molecule has 0 saturated carbocycles. The number of rotatable bonds is 4. The van der Waals surface area contributed by atoms with E-state index in [0.29, 0.717) is 5.56 Å². The highest BCUT2D eigenvalue weighted by molar-refractivity contribution is 7.91. The maximum atomic E-state index is 13.0. The number of nitrogens with zero attached hydrogens (tertiary/aromatic N) is 1. The first-order chi connectivity index (χ1) is 9.80. The standard InChI is InChI=1S/C13H10F3NO3S/c14-10-3-6-12(18)17(8-10)7-9-1-4-11(5-2-9)21(19,20)13(15)16/h1-6,8,13H,7H2. The van der Waals surface area contributed by atoms with Crippen molar-refractivity contribution in [3.05, 3.63) is 64.3 Å². The lowest BCUT2D eigenvalue weighted by molar-refractivity contribution is 0.234. The smallest absolute Gasteiger partial charge is 0.308 e. The van der Waals surface area contributed by atoms with Crippen molar-refractivity contribution >= 4 is 9.84 Å². The van der Waals surface area contributed by atoms with Crippen LogP contribution in [0.1, 0.15) is 5.56 Å². The highest BCUT2D eigenvalue weighted by atomic mass is 32.2. The van der Waals surface area contributed by atoms with Crippen molar-refractivity contribution in [2.24, 2.45) is 0 Å². The Morgan fingerprint density at radius 3 is 2.24 bits per heavy atom. The quantitative estimate of drug-likeness (QED) is 0.867. The third-order valence-electron chi connectivity index (χ3n) is 2.79. The van der Waals surface area contributed by atoms with Gasteiger partial charge in [0, 0.05) is 12.3 Å². The average Bonchev–Trinajstić information content (AvgIpc) is 2.43. The van der Waals surface area contributed by atoms with Crippen LogP contribution in [0.4, 0.5) is 13.2 Å². The summed E-state index contributed by atoms with van der Waals surface area (Å²) in [5.41, 5.74) is 0.0524. The van der Waals surface area contributed by atoms with Gasteiger partial charge < -0.3 is 4.57 Å². The lowest BCUT2D eigenvalue weighted by atomic mass is 10.2. The number of hydrogen-bond donors (Lipinski definition) is 0. The van der Waals surface area contributed by atoms with Gasteiger partial charge in [-0.25, -0.2) is 12.8 Å². The summed E-state index contributed by atoms with van der Waals surface area (Å²) in [7, 11) is -4.64. The molecule has 0 aliphatic heterocycles. The van der Waals surface area contributed by atoms with Crippen LogP contribution in [0.15, 0.2) is 52.3 Å². The van der Waals surface area contributed by atoms with Gasteiger partial charge in [-0.2, -0.15) is 8.78 Å². The van der Waals surface area contributed by atoms with Crippen LogP contribution >= 0.6 is 0 Å². The van der Waals surface area contributed by atoms with Gasteiger partial charge in [-0.3, -0.25) is 4.79 Å². The Balaban J connectivity index is 2.28. The van der Waals surface area contributed by atoms with E-state index in [0.717, 1.165) is 35.0 Å². The molecule has 0 atom stereocenters. The molecule has 2 rings (SSSR count). The van der Waals surface area contributed by atoms with Crippen LogP contribution < -0.4 is 5.56 Å². The molecule has 0 fully saturated rings. The summed E-state index contributed by atoms with van der Waals surface area (Å²) in [6.07, 6.45) is 1.01. The Morgan fingerprint density at radius 1 is 1.05 bits per heavy atom. The minimum atomic E-state index is -4.64. The van der Waals surface area contributed by atoms with Crippen molar-refractivity contribution in [2.45, 2.75) is 17.2 Å². The lowest BCUT2D eigenvalue weighted by Gasteiger charge is -2.07. The fourth-order valence-corrected chi connectivity index (χ4v) is 2.43. The molecule has 0 spiro atoms. The minimum Gasteiger partial charge on any atom is -0.308 e. The first kappa shape index (κ1) is 15.3. The summed E-state index contributed by atoms with van der Waals surface area (Å²) >= 11 is 0. The molecule has 4 nitrogen and oxygen atoms in total. The van der Waals surface area contributed by atoms with E-state index in [4.69, 9.17) is 0 Å². The van der Waals surface area contributed by atoms with Gasteiger partial charge in [0.15, 0.2) is 0 Å². The molecule has 8 heteroatoms. The van der Waals surface area contributed by atoms with Gasteiger partial charge in [-0.15, -0.1) is 0 Å². The normalized spacial score (nSPS) is 11.8. The molecule has 0 bridgehead atoms. The lowest BCUT2D eigenvalue weighted by Crippen LogP contribution is -2.19. The van der Waals surface area contributed by atoms with E-state index in [1.807, 2.05) is 0 Å². The molecule has 21 heavy (non-hydrogen) atoms. The van der Waals surface area contributed by atoms with Crippen LogP contribution in [-0.4, -0.2) is 18.7 Å². The molecule has 1 aromatic carbocycles. The monoisotopic (exact) mass is 317 g/mol. The van der Waals surface area contributed by atoms with Crippen LogP contribution in [0.2, 0.25) is 0 Å².